The van der Waals surface area contributed by atoms with Crippen LogP contribution in [0.3, 0.4) is 0 Å². The molecule has 0 bridgehead atoms. The van der Waals surface area contributed by atoms with E-state index in [1.165, 1.54) is 0 Å². The molecule has 0 aromatic rings. The van der Waals surface area contributed by atoms with E-state index < -0.39 is 0 Å². The fourth-order valence-electron chi connectivity index (χ4n) is 0.0811. The third-order valence-electron chi connectivity index (χ3n) is 0.376. The van der Waals surface area contributed by atoms with Crippen LogP contribution in [0.4, 0.5) is 4.53 Å². The molecule has 0 radical (unpaired) electrons. The highest BCUT2D eigenvalue weighted by Crippen LogP contribution is 1.96. The third kappa shape index (κ3) is 0.344. The van der Waals surface area contributed by atoms with Gasteiger partial charge in [-0.15, -0.1) is 0 Å². The van der Waals surface area contributed by atoms with Crippen molar-refractivity contribution in [2.24, 2.45) is 4.99 Å². The quantitative estimate of drug-likeness (QED) is 0.405. The van der Waals surface area contributed by atoms with Crippen LogP contribution in [0.1, 0.15) is 0 Å². The smallest absolute Gasteiger partial charge is 0.256 e. The lowest BCUT2D eigenvalue weighted by Crippen LogP contribution is -1.75. The second-order valence-electron chi connectivity index (χ2n) is 0.787. The zero-order valence-electron chi connectivity index (χ0n) is 2.44. The molecule has 0 saturated carbocycles. The Hall–Kier alpha value is -0.600. The maximum atomic E-state index is 10.5. The summed E-state index contributed by atoms with van der Waals surface area (Å²) < 4.78 is 10.5. The van der Waals surface area contributed by atoms with Crippen LogP contribution in [0.25, 0.3) is 0 Å². The van der Waals surface area contributed by atoms with Gasteiger partial charge in [0, 0.05) is 4.53 Å². The molecular formula is C2H2FNO. The van der Waals surface area contributed by atoms with Gasteiger partial charge in [0.2, 0.25) is 0 Å². The van der Waals surface area contributed by atoms with Crippen LogP contribution >= 0.6 is 0 Å². The minimum atomic E-state index is 0.213. The predicted octanol–water partition coefficient (Wildman–Crippen LogP) is 0.300. The zero-order chi connectivity index (χ0) is 3.70. The summed E-state index contributed by atoms with van der Waals surface area (Å²) in [6.07, 6.45) is 0. The van der Waals surface area contributed by atoms with Crippen LogP contribution in [-0.2, 0) is 4.94 Å². The number of rotatable bonds is 0. The van der Waals surface area contributed by atoms with Gasteiger partial charge in [-0.05, 0) is 0 Å². The number of hydrogen-bond acceptors (Lipinski definition) is 2. The summed E-state index contributed by atoms with van der Waals surface area (Å²) in [6, 6.07) is 0. The van der Waals surface area contributed by atoms with Crippen LogP contribution in [0.5, 0.6) is 0 Å². The molecule has 0 atom stereocenters. The number of aliphatic imine (C=N–C) groups is 1. The molecule has 0 saturated heterocycles. The molecule has 5 heavy (non-hydrogen) atoms. The molecule has 2 nitrogen and oxygen atoms in total. The van der Waals surface area contributed by atoms with E-state index >= 15 is 0 Å². The Bertz CT molecular complexity index is 70.0. The molecule has 0 aliphatic carbocycles. The van der Waals surface area contributed by atoms with Crippen LogP contribution in [0, 0.1) is 0 Å². The summed E-state index contributed by atoms with van der Waals surface area (Å²) in [5, 5.41) is 0. The van der Waals surface area contributed by atoms with E-state index in [0.29, 0.717) is 6.54 Å². The van der Waals surface area contributed by atoms with Crippen molar-refractivity contribution in [3.8, 4) is 0 Å². The van der Waals surface area contributed by atoms with Gasteiger partial charge >= 0.3 is 0 Å². The molecule has 0 N–H and O–H groups in total. The molecule has 3 heteroatoms. The van der Waals surface area contributed by atoms with E-state index in [4.69, 9.17) is 0 Å². The maximum Gasteiger partial charge on any atom is 0.256 e. The highest BCUT2D eigenvalue weighted by Gasteiger charge is 2.10. The molecule has 0 aromatic carbocycles. The topological polar surface area (TPSA) is 21.6 Å². The second kappa shape index (κ2) is 0.672. The van der Waals surface area contributed by atoms with E-state index in [9.17, 15) is 4.53 Å². The average Bonchev–Trinajstić information content (AvgIpc) is 2.12. The van der Waals surface area contributed by atoms with Gasteiger partial charge in [0.05, 0.1) is 0 Å². The zero-order valence-corrected chi connectivity index (χ0v) is 2.44. The molecule has 1 heterocycles. The Labute approximate surface area is 28.2 Å². The molecule has 0 unspecified atom stereocenters. The minimum absolute atomic E-state index is 0.213. The summed E-state index contributed by atoms with van der Waals surface area (Å²) in [4.78, 5) is 6.45. The number of hydrogen-bond donors (Lipinski definition) is 0. The monoisotopic (exact) mass is 75.0 g/mol. The molecule has 0 spiro atoms. The summed E-state index contributed by atoms with van der Waals surface area (Å²) in [6.45, 7) is 0.455. The summed E-state index contributed by atoms with van der Waals surface area (Å²) in [5.74, 6) is 0.213. The Kier molecular flexibility index (Phi) is 0.353. The lowest BCUT2D eigenvalue weighted by Gasteiger charge is -1.64. The molecule has 28 valence electrons. The molecule has 0 aromatic heterocycles. The maximum absolute atomic E-state index is 10.5. The van der Waals surface area contributed by atoms with Gasteiger partial charge in [0.1, 0.15) is 6.54 Å². The van der Waals surface area contributed by atoms with Crippen LogP contribution in [-0.4, -0.2) is 12.4 Å². The molecule has 1 aliphatic rings. The highest BCUT2D eigenvalue weighted by molar-refractivity contribution is 5.88. The van der Waals surface area contributed by atoms with Gasteiger partial charge in [-0.25, -0.2) is 4.99 Å². The first kappa shape index (κ1) is 2.63. The number of nitrogens with zero attached hydrogens (tertiary/aromatic N) is 1. The van der Waals surface area contributed by atoms with E-state index in [1.807, 2.05) is 0 Å². The van der Waals surface area contributed by atoms with Gasteiger partial charge in [0.25, 0.3) is 5.90 Å². The standard InChI is InChI=1S/C2H2FNO/c3-5-2-1-4-2/h1H2. The fourth-order valence-corrected chi connectivity index (χ4v) is 0.0811. The Balaban J connectivity index is 2.22. The van der Waals surface area contributed by atoms with Gasteiger partial charge in [-0.2, -0.15) is 0 Å². The van der Waals surface area contributed by atoms with Crippen molar-refractivity contribution in [3.63, 3.8) is 0 Å². The molecular weight excluding hydrogens is 73.0 g/mol. The predicted molar refractivity (Wildman–Crippen MR) is 14.5 cm³/mol. The van der Waals surface area contributed by atoms with Crippen molar-refractivity contribution in [1.29, 1.82) is 0 Å². The van der Waals surface area contributed by atoms with Gasteiger partial charge in [-0.3, -0.25) is 4.94 Å². The third-order valence-corrected chi connectivity index (χ3v) is 0.376. The largest absolute Gasteiger partial charge is 0.277 e. The van der Waals surface area contributed by atoms with Crippen molar-refractivity contribution in [1.82, 2.24) is 0 Å². The lowest BCUT2D eigenvalue weighted by atomic mass is 10.9. The van der Waals surface area contributed by atoms with Crippen LogP contribution in [0.15, 0.2) is 4.99 Å². The Morgan fingerprint density at radius 3 is 2.60 bits per heavy atom. The average molecular weight is 75.0 g/mol. The Morgan fingerprint density at radius 1 is 2.00 bits per heavy atom. The summed E-state index contributed by atoms with van der Waals surface area (Å²) in [7, 11) is 0. The van der Waals surface area contributed by atoms with Crippen molar-refractivity contribution in [3.05, 3.63) is 0 Å². The first-order valence-electron chi connectivity index (χ1n) is 1.25. The van der Waals surface area contributed by atoms with E-state index in [-0.39, 0.29) is 5.90 Å². The van der Waals surface area contributed by atoms with Crippen molar-refractivity contribution < 1.29 is 9.47 Å². The molecule has 0 fully saturated rings. The van der Waals surface area contributed by atoms with E-state index in [2.05, 4.69) is 9.93 Å². The van der Waals surface area contributed by atoms with Gasteiger partial charge < -0.3 is 0 Å². The lowest BCUT2D eigenvalue weighted by molar-refractivity contribution is -0.0190. The van der Waals surface area contributed by atoms with Crippen molar-refractivity contribution in [2.75, 3.05) is 6.54 Å². The Morgan fingerprint density at radius 2 is 2.60 bits per heavy atom. The fraction of sp³-hybridized carbons (Fsp3) is 0.500. The van der Waals surface area contributed by atoms with E-state index in [0.717, 1.165) is 0 Å². The van der Waals surface area contributed by atoms with Crippen LogP contribution in [0.2, 0.25) is 0 Å². The highest BCUT2D eigenvalue weighted by atomic mass is 19.3. The SMILES string of the molecule is FOC1=NC1. The molecule has 1 aliphatic heterocycles. The first-order valence-corrected chi connectivity index (χ1v) is 1.25. The van der Waals surface area contributed by atoms with Crippen molar-refractivity contribution >= 4 is 5.90 Å². The van der Waals surface area contributed by atoms with Crippen LogP contribution < -0.4 is 0 Å². The van der Waals surface area contributed by atoms with E-state index in [1.54, 1.807) is 0 Å². The van der Waals surface area contributed by atoms with Gasteiger partial charge in [-0.1, -0.05) is 0 Å². The van der Waals surface area contributed by atoms with Gasteiger partial charge in [0.15, 0.2) is 0 Å². The summed E-state index contributed by atoms with van der Waals surface area (Å²) >= 11 is 0. The normalized spacial score (nSPS) is 17.4. The second-order valence-corrected chi connectivity index (χ2v) is 0.787. The number of halogens is 1. The van der Waals surface area contributed by atoms with Crippen molar-refractivity contribution in [2.45, 2.75) is 0 Å². The minimum Gasteiger partial charge on any atom is -0.277 e. The molecule has 1 rings (SSSR count). The first-order chi connectivity index (χ1) is 2.43. The summed E-state index contributed by atoms with van der Waals surface area (Å²) in [5.41, 5.74) is 0. The molecule has 0 amide bonds.